The lowest BCUT2D eigenvalue weighted by Gasteiger charge is -2.31. The van der Waals surface area contributed by atoms with Crippen LogP contribution in [0.3, 0.4) is 0 Å². The molecule has 0 radical (unpaired) electrons. The van der Waals surface area contributed by atoms with E-state index in [9.17, 15) is 9.59 Å². The van der Waals surface area contributed by atoms with Crippen molar-refractivity contribution in [1.82, 2.24) is 4.90 Å². The molecule has 1 heterocycles. The Morgan fingerprint density at radius 1 is 1.12 bits per heavy atom. The first kappa shape index (κ1) is 18.5. The summed E-state index contributed by atoms with van der Waals surface area (Å²) in [6.07, 6.45) is 2.22. The van der Waals surface area contributed by atoms with Crippen LogP contribution in [0.1, 0.15) is 35.7 Å². The summed E-state index contributed by atoms with van der Waals surface area (Å²) in [4.78, 5) is 27.0. The summed E-state index contributed by atoms with van der Waals surface area (Å²) in [6, 6.07) is 14.9. The van der Waals surface area contributed by atoms with Crippen LogP contribution >= 0.6 is 11.6 Å². The Balaban J connectivity index is 1.58. The first-order chi connectivity index (χ1) is 12.6. The molecular weight excluding hydrogens is 348 g/mol. The number of piperidine rings is 1. The molecule has 1 saturated heterocycles. The smallest absolute Gasteiger partial charge is 0.253 e. The van der Waals surface area contributed by atoms with Crippen LogP contribution in [-0.2, 0) is 11.2 Å². The molecule has 0 spiro atoms. The van der Waals surface area contributed by atoms with Gasteiger partial charge in [0.2, 0.25) is 5.91 Å². The Hall–Kier alpha value is -2.33. The van der Waals surface area contributed by atoms with Crippen molar-refractivity contribution in [3.05, 3.63) is 64.7 Å². The average Bonchev–Trinajstić information content (AvgIpc) is 2.68. The molecule has 0 atom stereocenters. The average molecular weight is 371 g/mol. The van der Waals surface area contributed by atoms with Crippen molar-refractivity contribution in [3.8, 4) is 0 Å². The van der Waals surface area contributed by atoms with Crippen LogP contribution < -0.4 is 5.32 Å². The number of hydrogen-bond acceptors (Lipinski definition) is 2. The molecule has 4 nitrogen and oxygen atoms in total. The summed E-state index contributed by atoms with van der Waals surface area (Å²) in [5.74, 6) is -0.0493. The first-order valence-electron chi connectivity index (χ1n) is 9.02. The fraction of sp³-hybridized carbons (Fsp3) is 0.333. The van der Waals surface area contributed by atoms with Crippen molar-refractivity contribution in [1.29, 1.82) is 0 Å². The molecule has 0 aromatic heterocycles. The number of likely N-dealkylation sites (tertiary alicyclic amines) is 1. The van der Waals surface area contributed by atoms with Gasteiger partial charge < -0.3 is 10.2 Å². The van der Waals surface area contributed by atoms with Gasteiger partial charge >= 0.3 is 0 Å². The predicted octanol–water partition coefficient (Wildman–Crippen LogP) is 4.39. The van der Waals surface area contributed by atoms with E-state index in [0.29, 0.717) is 36.5 Å². The summed E-state index contributed by atoms with van der Waals surface area (Å²) in [7, 11) is 0. The van der Waals surface area contributed by atoms with Gasteiger partial charge in [-0.3, -0.25) is 9.59 Å². The van der Waals surface area contributed by atoms with Crippen LogP contribution in [-0.4, -0.2) is 29.8 Å². The zero-order valence-corrected chi connectivity index (χ0v) is 15.6. The number of nitrogens with one attached hydrogen (secondary N) is 1. The Kier molecular flexibility index (Phi) is 5.94. The SMILES string of the molecule is CCc1ccccc1NC(=O)C1CCN(C(=O)c2cccc(Cl)c2)CC1. The van der Waals surface area contributed by atoms with Crippen LogP contribution in [0.4, 0.5) is 5.69 Å². The summed E-state index contributed by atoms with van der Waals surface area (Å²) in [5, 5.41) is 3.61. The predicted molar refractivity (Wildman–Crippen MR) is 105 cm³/mol. The van der Waals surface area contributed by atoms with E-state index in [1.807, 2.05) is 24.3 Å². The van der Waals surface area contributed by atoms with Crippen LogP contribution in [0.5, 0.6) is 0 Å². The lowest BCUT2D eigenvalue weighted by Crippen LogP contribution is -2.41. The van der Waals surface area contributed by atoms with Crippen LogP contribution in [0, 0.1) is 5.92 Å². The third-order valence-corrected chi connectivity index (χ3v) is 5.12. The molecule has 2 aromatic rings. The van der Waals surface area contributed by atoms with Crippen LogP contribution in [0.15, 0.2) is 48.5 Å². The molecule has 0 aliphatic carbocycles. The number of hydrogen-bond donors (Lipinski definition) is 1. The number of aryl methyl sites for hydroxylation is 1. The molecule has 0 bridgehead atoms. The minimum atomic E-state index is -0.0664. The Morgan fingerprint density at radius 3 is 2.54 bits per heavy atom. The maximum Gasteiger partial charge on any atom is 0.253 e. The zero-order chi connectivity index (χ0) is 18.5. The van der Waals surface area contributed by atoms with Gasteiger partial charge in [0, 0.05) is 35.3 Å². The standard InChI is InChI=1S/C21H23ClN2O2/c1-2-15-6-3-4-9-19(15)23-20(25)16-10-12-24(13-11-16)21(26)17-7-5-8-18(22)14-17/h3-9,14,16H,2,10-13H2,1H3,(H,23,25). The van der Waals surface area contributed by atoms with E-state index >= 15 is 0 Å². The minimum absolute atomic E-state index is 0.0253. The van der Waals surface area contributed by atoms with Crippen LogP contribution in [0.25, 0.3) is 0 Å². The molecule has 1 aliphatic rings. The van der Waals surface area contributed by atoms with E-state index < -0.39 is 0 Å². The summed E-state index contributed by atoms with van der Waals surface area (Å²) in [6.45, 7) is 3.24. The van der Waals surface area contributed by atoms with Crippen LogP contribution in [0.2, 0.25) is 5.02 Å². The van der Waals surface area contributed by atoms with Gasteiger partial charge in [0.25, 0.3) is 5.91 Å². The van der Waals surface area contributed by atoms with Gasteiger partial charge in [-0.2, -0.15) is 0 Å². The van der Waals surface area contributed by atoms with Gasteiger partial charge in [-0.25, -0.2) is 0 Å². The van der Waals surface area contributed by atoms with Gasteiger partial charge in [0.15, 0.2) is 0 Å². The Morgan fingerprint density at radius 2 is 1.85 bits per heavy atom. The molecule has 1 aliphatic heterocycles. The molecule has 1 fully saturated rings. The zero-order valence-electron chi connectivity index (χ0n) is 14.9. The van der Waals surface area contributed by atoms with E-state index in [2.05, 4.69) is 12.2 Å². The van der Waals surface area contributed by atoms with E-state index in [4.69, 9.17) is 11.6 Å². The molecule has 0 unspecified atom stereocenters. The Bertz CT molecular complexity index is 798. The molecule has 1 N–H and O–H groups in total. The summed E-state index contributed by atoms with van der Waals surface area (Å²) >= 11 is 5.97. The Labute approximate surface area is 159 Å². The van der Waals surface area contributed by atoms with Crippen molar-refractivity contribution in [3.63, 3.8) is 0 Å². The third kappa shape index (κ3) is 4.25. The highest BCUT2D eigenvalue weighted by molar-refractivity contribution is 6.30. The minimum Gasteiger partial charge on any atom is -0.339 e. The molecule has 2 amide bonds. The molecule has 3 rings (SSSR count). The van der Waals surface area contributed by atoms with Gasteiger partial charge in [0.05, 0.1) is 0 Å². The number of rotatable bonds is 4. The number of anilines is 1. The quantitative estimate of drug-likeness (QED) is 0.867. The fourth-order valence-corrected chi connectivity index (χ4v) is 3.52. The second-order valence-corrected chi connectivity index (χ2v) is 7.01. The number of amides is 2. The highest BCUT2D eigenvalue weighted by Crippen LogP contribution is 2.23. The van der Waals surface area contributed by atoms with Crippen molar-refractivity contribution in [2.75, 3.05) is 18.4 Å². The fourth-order valence-electron chi connectivity index (χ4n) is 3.33. The molecule has 5 heteroatoms. The molecule has 2 aromatic carbocycles. The van der Waals surface area contributed by atoms with Gasteiger partial charge in [-0.15, -0.1) is 0 Å². The second kappa shape index (κ2) is 8.37. The first-order valence-corrected chi connectivity index (χ1v) is 9.40. The normalized spacial score (nSPS) is 14.9. The van der Waals surface area contributed by atoms with Crippen molar-refractivity contribution >= 4 is 29.1 Å². The van der Waals surface area contributed by atoms with Crippen molar-refractivity contribution in [2.45, 2.75) is 26.2 Å². The van der Waals surface area contributed by atoms with Gasteiger partial charge in [-0.05, 0) is 49.1 Å². The topological polar surface area (TPSA) is 49.4 Å². The van der Waals surface area contributed by atoms with Gasteiger partial charge in [0.1, 0.15) is 0 Å². The second-order valence-electron chi connectivity index (χ2n) is 6.58. The maximum absolute atomic E-state index is 12.6. The molecule has 26 heavy (non-hydrogen) atoms. The maximum atomic E-state index is 12.6. The van der Waals surface area contributed by atoms with E-state index in [0.717, 1.165) is 17.7 Å². The summed E-state index contributed by atoms with van der Waals surface area (Å²) < 4.78 is 0. The molecule has 0 saturated carbocycles. The number of para-hydroxylation sites is 1. The number of benzene rings is 2. The van der Waals surface area contributed by atoms with Crippen molar-refractivity contribution in [2.24, 2.45) is 5.92 Å². The van der Waals surface area contributed by atoms with E-state index in [-0.39, 0.29) is 17.7 Å². The number of carbonyl (C=O) groups excluding carboxylic acids is 2. The van der Waals surface area contributed by atoms with Crippen molar-refractivity contribution < 1.29 is 9.59 Å². The largest absolute Gasteiger partial charge is 0.339 e. The third-order valence-electron chi connectivity index (χ3n) is 4.88. The van der Waals surface area contributed by atoms with E-state index in [1.54, 1.807) is 29.2 Å². The molecular formula is C21H23ClN2O2. The number of carbonyl (C=O) groups is 2. The lowest BCUT2D eigenvalue weighted by molar-refractivity contribution is -0.121. The highest BCUT2D eigenvalue weighted by Gasteiger charge is 2.28. The number of halogens is 1. The molecule has 136 valence electrons. The monoisotopic (exact) mass is 370 g/mol. The lowest BCUT2D eigenvalue weighted by atomic mass is 9.95. The number of nitrogens with zero attached hydrogens (tertiary/aromatic N) is 1. The van der Waals surface area contributed by atoms with E-state index in [1.165, 1.54) is 0 Å². The highest BCUT2D eigenvalue weighted by atomic mass is 35.5. The van der Waals surface area contributed by atoms with Gasteiger partial charge in [-0.1, -0.05) is 42.8 Å². The summed E-state index contributed by atoms with van der Waals surface area (Å²) in [5.41, 5.74) is 2.61.